The zero-order valence-corrected chi connectivity index (χ0v) is 38.4. The number of hydrogen-bond donors (Lipinski definition) is 2. The Morgan fingerprint density at radius 2 is 0.548 bits per heavy atom. The predicted molar refractivity (Wildman–Crippen MR) is 218 cm³/mol. The van der Waals surface area contributed by atoms with Crippen LogP contribution in [0, 0.1) is 0 Å². The Morgan fingerprint density at radius 1 is 0.339 bits per heavy atom. The average Bonchev–Trinajstić information content (AvgIpc) is 4.09. The second-order valence-corrected chi connectivity index (χ2v) is 13.8. The molecule has 62 heavy (non-hydrogen) atoms. The van der Waals surface area contributed by atoms with Crippen molar-refractivity contribution < 1.29 is 78.6 Å². The minimum Gasteiger partial charge on any atom is -0.545 e. The number of aromatic carboxylic acids is 4. The zero-order chi connectivity index (χ0) is 41.7. The van der Waals surface area contributed by atoms with Crippen molar-refractivity contribution in [2.24, 2.45) is 0 Å². The van der Waals surface area contributed by atoms with Crippen LogP contribution in [0.4, 0.5) is 0 Å². The molecular formula is C48H26N4O8Zn2. The van der Waals surface area contributed by atoms with Crippen molar-refractivity contribution in [3.8, 4) is 44.5 Å². The number of aromatic nitrogens is 4. The third kappa shape index (κ3) is 7.51. The fourth-order valence-corrected chi connectivity index (χ4v) is 7.86. The van der Waals surface area contributed by atoms with Gasteiger partial charge >= 0.3 is 39.0 Å². The summed E-state index contributed by atoms with van der Waals surface area (Å²) >= 11 is 0. The first-order valence-corrected chi connectivity index (χ1v) is 18.5. The van der Waals surface area contributed by atoms with E-state index in [1.807, 2.05) is 0 Å². The summed E-state index contributed by atoms with van der Waals surface area (Å²) in [6, 6.07) is 31.9. The van der Waals surface area contributed by atoms with Gasteiger partial charge in [-0.3, -0.25) is 0 Å². The molecule has 0 aliphatic carbocycles. The van der Waals surface area contributed by atoms with Crippen LogP contribution in [0.15, 0.2) is 121 Å². The van der Waals surface area contributed by atoms with E-state index in [1.165, 1.54) is 24.3 Å². The summed E-state index contributed by atoms with van der Waals surface area (Å²) in [7, 11) is 0. The minimum atomic E-state index is -1.44. The fourth-order valence-electron chi connectivity index (χ4n) is 7.86. The number of aromatic amines is 2. The molecule has 0 radical (unpaired) electrons. The molecule has 5 heterocycles. The van der Waals surface area contributed by atoms with Crippen molar-refractivity contribution in [2.45, 2.75) is 0 Å². The first-order chi connectivity index (χ1) is 29.1. The second kappa shape index (κ2) is 17.3. The summed E-state index contributed by atoms with van der Waals surface area (Å²) in [6.07, 6.45) is 6.70. The van der Waals surface area contributed by atoms with Gasteiger partial charge in [0.05, 0.1) is 46.7 Å². The van der Waals surface area contributed by atoms with E-state index in [0.29, 0.717) is 67.1 Å². The molecule has 7 aromatic rings. The van der Waals surface area contributed by atoms with Gasteiger partial charge in [0.2, 0.25) is 0 Å². The molecule has 0 fully saturated rings. The third-order valence-electron chi connectivity index (χ3n) is 10.4. The molecular weight excluding hydrogens is 891 g/mol. The first kappa shape index (κ1) is 42.7. The van der Waals surface area contributed by atoms with Crippen LogP contribution in [0.2, 0.25) is 0 Å². The third-order valence-corrected chi connectivity index (χ3v) is 10.4. The molecule has 8 bridgehead atoms. The van der Waals surface area contributed by atoms with Gasteiger partial charge < -0.3 is 49.6 Å². The van der Waals surface area contributed by atoms with E-state index in [-0.39, 0.29) is 83.5 Å². The van der Waals surface area contributed by atoms with Gasteiger partial charge in [0.15, 0.2) is 0 Å². The van der Waals surface area contributed by atoms with Gasteiger partial charge in [-0.05, 0) is 70.8 Å². The van der Waals surface area contributed by atoms with Gasteiger partial charge in [-0.1, -0.05) is 97.1 Å². The molecule has 0 saturated carbocycles. The number of carboxylic acid groups (broad SMARTS) is 4. The van der Waals surface area contributed by atoms with Crippen LogP contribution in [0.3, 0.4) is 0 Å². The van der Waals surface area contributed by atoms with Crippen molar-refractivity contribution in [3.05, 3.63) is 166 Å². The maximum absolute atomic E-state index is 12.6. The van der Waals surface area contributed by atoms with Crippen LogP contribution in [0.1, 0.15) is 64.2 Å². The van der Waals surface area contributed by atoms with Crippen molar-refractivity contribution in [3.63, 3.8) is 0 Å². The fraction of sp³-hybridized carbons (Fsp3) is 0. The molecule has 0 amide bonds. The van der Waals surface area contributed by atoms with Crippen LogP contribution >= 0.6 is 0 Å². The van der Waals surface area contributed by atoms with E-state index in [4.69, 9.17) is 9.97 Å². The van der Waals surface area contributed by atoms with Crippen LogP contribution in [0.5, 0.6) is 0 Å². The maximum Gasteiger partial charge on any atom is 2.00 e. The number of fused-ring (bicyclic) bond motifs is 8. The van der Waals surface area contributed by atoms with Gasteiger partial charge in [-0.2, -0.15) is 0 Å². The topological polar surface area (TPSA) is 218 Å². The zero-order valence-electron chi connectivity index (χ0n) is 32.4. The largest absolute Gasteiger partial charge is 2.00 e. The number of nitrogens with one attached hydrogen (secondary N) is 2. The molecule has 2 aliphatic rings. The molecule has 2 N–H and O–H groups in total. The summed E-state index contributed by atoms with van der Waals surface area (Å²) in [5.41, 5.74) is 4.65. The molecule has 3 aromatic heterocycles. The number of benzene rings is 4. The molecule has 0 unspecified atom stereocenters. The summed E-state index contributed by atoms with van der Waals surface area (Å²) in [5.74, 6) is -5.75. The van der Waals surface area contributed by atoms with E-state index in [2.05, 4.69) is 9.97 Å². The monoisotopic (exact) mass is 914 g/mol. The van der Waals surface area contributed by atoms with Crippen molar-refractivity contribution in [1.29, 1.82) is 0 Å². The van der Waals surface area contributed by atoms with E-state index >= 15 is 0 Å². The van der Waals surface area contributed by atoms with E-state index in [9.17, 15) is 39.6 Å². The molecule has 12 nitrogen and oxygen atoms in total. The Labute approximate surface area is 377 Å². The molecule has 2 aliphatic heterocycles. The number of hydrogen-bond acceptors (Lipinski definition) is 10. The molecule has 0 spiro atoms. The Morgan fingerprint density at radius 3 is 0.758 bits per heavy atom. The SMILES string of the molecule is O=C([O-])c1ccccc1-c1c2nc(c(-c3ccccc3C(=O)[O-])c3ccc([nH]3)c(-c3ccccc3C(=O)[O-])c3nc(c(-c4ccccc4C(=O)[O-])c4ccc1[nH]4)C=C3)C=C2.[Zn+2].[Zn+2]. The number of rotatable bonds is 8. The van der Waals surface area contributed by atoms with Gasteiger partial charge in [-0.15, -0.1) is 0 Å². The maximum atomic E-state index is 12.6. The van der Waals surface area contributed by atoms with E-state index in [0.717, 1.165) is 0 Å². The Bertz CT molecular complexity index is 2840. The van der Waals surface area contributed by atoms with Crippen LogP contribution < -0.4 is 20.4 Å². The molecule has 290 valence electrons. The van der Waals surface area contributed by atoms with Gasteiger partial charge in [0.1, 0.15) is 0 Å². The van der Waals surface area contributed by atoms with Gasteiger partial charge in [0.25, 0.3) is 0 Å². The summed E-state index contributed by atoms with van der Waals surface area (Å²) in [5, 5.41) is 50.3. The Hall–Kier alpha value is -7.39. The Kier molecular flexibility index (Phi) is 11.9. The average molecular weight is 918 g/mol. The minimum absolute atomic E-state index is 0. The van der Waals surface area contributed by atoms with Crippen molar-refractivity contribution >= 4 is 70.2 Å². The van der Waals surface area contributed by atoms with Gasteiger partial charge in [0, 0.05) is 66.6 Å². The Balaban J connectivity index is 0.00000289. The van der Waals surface area contributed by atoms with Crippen LogP contribution in [-0.4, -0.2) is 43.8 Å². The second-order valence-electron chi connectivity index (χ2n) is 13.8. The quantitative estimate of drug-likeness (QED) is 0.199. The molecule has 4 aromatic carbocycles. The molecule has 9 rings (SSSR count). The van der Waals surface area contributed by atoms with Crippen molar-refractivity contribution in [1.82, 2.24) is 19.9 Å². The number of carbonyl (C=O) groups excluding carboxylic acids is 4. The standard InChI is InChI=1S/C48H30N4O8.2Zn/c53-45(54)29-13-5-1-9-25(29)41-33-17-19-35(49-33)42(26-10-2-6-14-30(26)46(55)56)37-21-23-39(51-37)44(28-12-4-8-16-32(28)48(59)60)40-24-22-38(52-40)43(36-20-18-34(41)50-36)27-11-3-7-15-31(27)47(57)58;;/h1-24,49,52H,(H,53,54)(H,55,56)(H,57,58)(H,59,60);;/q;2*+2/p-4. The summed E-state index contributed by atoms with van der Waals surface area (Å²) < 4.78 is 0. The van der Waals surface area contributed by atoms with E-state index < -0.39 is 23.9 Å². The number of carboxylic acids is 4. The smallest absolute Gasteiger partial charge is 0.545 e. The molecule has 14 heteroatoms. The number of nitrogens with zero attached hydrogens (tertiary/aromatic N) is 2. The van der Waals surface area contributed by atoms with Crippen LogP contribution in [0.25, 0.3) is 90.9 Å². The first-order valence-electron chi connectivity index (χ1n) is 18.5. The summed E-state index contributed by atoms with van der Waals surface area (Å²) in [6.45, 7) is 0. The number of H-pyrrole nitrogens is 2. The van der Waals surface area contributed by atoms with Gasteiger partial charge in [-0.25, -0.2) is 9.97 Å². The normalized spacial score (nSPS) is 11.4. The molecule has 0 atom stereocenters. The molecule has 0 saturated heterocycles. The van der Waals surface area contributed by atoms with Crippen molar-refractivity contribution in [2.75, 3.05) is 0 Å². The van der Waals surface area contributed by atoms with E-state index in [1.54, 1.807) is 121 Å². The van der Waals surface area contributed by atoms with Crippen LogP contribution in [-0.2, 0) is 39.0 Å². The number of carbonyl (C=O) groups is 4. The predicted octanol–water partition coefficient (Wildman–Crippen LogP) is 4.77. The summed E-state index contributed by atoms with van der Waals surface area (Å²) in [4.78, 5) is 67.2.